The summed E-state index contributed by atoms with van der Waals surface area (Å²) in [5.41, 5.74) is 1.00. The topological polar surface area (TPSA) is 52.6 Å². The maximum absolute atomic E-state index is 12.7. The van der Waals surface area contributed by atoms with Crippen LogP contribution in [0.4, 0.5) is 9.18 Å². The molecule has 1 heterocycles. The van der Waals surface area contributed by atoms with Gasteiger partial charge < -0.3 is 15.3 Å². The van der Waals surface area contributed by atoms with E-state index in [9.17, 15) is 9.18 Å². The lowest BCUT2D eigenvalue weighted by molar-refractivity contribution is 0.154. The molecule has 1 aliphatic heterocycles. The quantitative estimate of drug-likeness (QED) is 0.842. The van der Waals surface area contributed by atoms with E-state index < -0.39 is 6.09 Å². The van der Waals surface area contributed by atoms with Crippen molar-refractivity contribution in [3.05, 3.63) is 35.6 Å². The molecule has 1 atom stereocenters. The van der Waals surface area contributed by atoms with E-state index in [1.807, 2.05) is 0 Å². The van der Waals surface area contributed by atoms with Crippen molar-refractivity contribution in [2.45, 2.75) is 19.0 Å². The SMILES string of the molecule is O=C(O)N1CC[C@H](NCc2ccc(F)cc2)C1. The second-order valence-electron chi connectivity index (χ2n) is 4.22. The molecule has 0 aromatic heterocycles. The number of carbonyl (C=O) groups is 1. The van der Waals surface area contributed by atoms with Gasteiger partial charge in [0.2, 0.25) is 0 Å². The van der Waals surface area contributed by atoms with Gasteiger partial charge in [-0.15, -0.1) is 0 Å². The molecule has 5 heteroatoms. The summed E-state index contributed by atoms with van der Waals surface area (Å²) in [5, 5.41) is 12.1. The predicted molar refractivity (Wildman–Crippen MR) is 61.2 cm³/mol. The van der Waals surface area contributed by atoms with Crippen molar-refractivity contribution < 1.29 is 14.3 Å². The fraction of sp³-hybridized carbons (Fsp3) is 0.417. The van der Waals surface area contributed by atoms with Crippen molar-refractivity contribution >= 4 is 6.09 Å². The average molecular weight is 238 g/mol. The van der Waals surface area contributed by atoms with E-state index in [0.717, 1.165) is 12.0 Å². The average Bonchev–Trinajstić information content (AvgIpc) is 2.77. The molecule has 0 aliphatic carbocycles. The number of hydrogen-bond donors (Lipinski definition) is 2. The maximum atomic E-state index is 12.7. The molecule has 2 N–H and O–H groups in total. The summed E-state index contributed by atoms with van der Waals surface area (Å²) in [7, 11) is 0. The maximum Gasteiger partial charge on any atom is 0.407 e. The van der Waals surface area contributed by atoms with Crippen molar-refractivity contribution in [2.75, 3.05) is 13.1 Å². The van der Waals surface area contributed by atoms with E-state index in [2.05, 4.69) is 5.32 Å². The Hall–Kier alpha value is -1.62. The van der Waals surface area contributed by atoms with Crippen molar-refractivity contribution in [2.24, 2.45) is 0 Å². The molecule has 1 fully saturated rings. The van der Waals surface area contributed by atoms with Gasteiger partial charge in [0.05, 0.1) is 0 Å². The number of nitrogens with one attached hydrogen (secondary N) is 1. The lowest BCUT2D eigenvalue weighted by Gasteiger charge is -2.13. The molecule has 0 unspecified atom stereocenters. The van der Waals surface area contributed by atoms with Gasteiger partial charge in [-0.3, -0.25) is 0 Å². The molecule has 1 aromatic rings. The van der Waals surface area contributed by atoms with Gasteiger partial charge in [0, 0.05) is 25.7 Å². The minimum atomic E-state index is -0.865. The van der Waals surface area contributed by atoms with Gasteiger partial charge in [0.25, 0.3) is 0 Å². The molecule has 17 heavy (non-hydrogen) atoms. The van der Waals surface area contributed by atoms with Gasteiger partial charge >= 0.3 is 6.09 Å². The first-order valence-electron chi connectivity index (χ1n) is 5.61. The third kappa shape index (κ3) is 3.17. The van der Waals surface area contributed by atoms with Crippen molar-refractivity contribution in [3.63, 3.8) is 0 Å². The Balaban J connectivity index is 1.80. The molecule has 92 valence electrons. The zero-order valence-corrected chi connectivity index (χ0v) is 9.40. The number of halogens is 1. The number of benzene rings is 1. The van der Waals surface area contributed by atoms with E-state index in [1.54, 1.807) is 12.1 Å². The molecule has 1 saturated heterocycles. The molecule has 1 aliphatic rings. The largest absolute Gasteiger partial charge is 0.465 e. The van der Waals surface area contributed by atoms with Gasteiger partial charge in [-0.1, -0.05) is 12.1 Å². The molecular formula is C12H15FN2O2. The molecule has 1 aromatic carbocycles. The van der Waals surface area contributed by atoms with Crippen LogP contribution in [0.1, 0.15) is 12.0 Å². The highest BCUT2D eigenvalue weighted by atomic mass is 19.1. The standard InChI is InChI=1S/C12H15FN2O2/c13-10-3-1-9(2-4-10)7-14-11-5-6-15(8-11)12(16)17/h1-4,11,14H,5-8H2,(H,16,17)/t11-/m0/s1. The van der Waals surface area contributed by atoms with Gasteiger partial charge in [0.15, 0.2) is 0 Å². The van der Waals surface area contributed by atoms with Crippen LogP contribution in [-0.4, -0.2) is 35.2 Å². The zero-order valence-electron chi connectivity index (χ0n) is 9.40. The summed E-state index contributed by atoms with van der Waals surface area (Å²) in [6.07, 6.45) is -0.0379. The highest BCUT2D eigenvalue weighted by molar-refractivity contribution is 5.65. The monoisotopic (exact) mass is 238 g/mol. The number of nitrogens with zero attached hydrogens (tertiary/aromatic N) is 1. The second kappa shape index (κ2) is 5.14. The molecule has 0 bridgehead atoms. The smallest absolute Gasteiger partial charge is 0.407 e. The Labute approximate surface area is 99.0 Å². The van der Waals surface area contributed by atoms with Crippen molar-refractivity contribution in [3.8, 4) is 0 Å². The number of amides is 1. The van der Waals surface area contributed by atoms with Crippen LogP contribution >= 0.6 is 0 Å². The minimum absolute atomic E-state index is 0.191. The van der Waals surface area contributed by atoms with Crippen LogP contribution in [0.2, 0.25) is 0 Å². The fourth-order valence-electron chi connectivity index (χ4n) is 1.97. The molecule has 4 nitrogen and oxygen atoms in total. The highest BCUT2D eigenvalue weighted by Gasteiger charge is 2.25. The number of carboxylic acid groups (broad SMARTS) is 1. The van der Waals surface area contributed by atoms with Gasteiger partial charge in [-0.2, -0.15) is 0 Å². The van der Waals surface area contributed by atoms with Crippen LogP contribution in [0.5, 0.6) is 0 Å². The highest BCUT2D eigenvalue weighted by Crippen LogP contribution is 2.10. The van der Waals surface area contributed by atoms with Crippen molar-refractivity contribution in [1.29, 1.82) is 0 Å². The Morgan fingerprint density at radius 1 is 1.47 bits per heavy atom. The fourth-order valence-corrected chi connectivity index (χ4v) is 1.97. The van der Waals surface area contributed by atoms with E-state index in [1.165, 1.54) is 17.0 Å². The second-order valence-corrected chi connectivity index (χ2v) is 4.22. The van der Waals surface area contributed by atoms with Gasteiger partial charge in [0.1, 0.15) is 5.82 Å². The summed E-state index contributed by atoms with van der Waals surface area (Å²) in [4.78, 5) is 12.1. The molecular weight excluding hydrogens is 223 g/mol. The lowest BCUT2D eigenvalue weighted by Crippen LogP contribution is -2.34. The first kappa shape index (κ1) is 11.9. The first-order valence-corrected chi connectivity index (χ1v) is 5.61. The normalized spacial score (nSPS) is 19.6. The van der Waals surface area contributed by atoms with Crippen LogP contribution in [0.25, 0.3) is 0 Å². The Morgan fingerprint density at radius 2 is 2.18 bits per heavy atom. The zero-order chi connectivity index (χ0) is 12.3. The van der Waals surface area contributed by atoms with E-state index in [0.29, 0.717) is 19.6 Å². The van der Waals surface area contributed by atoms with Crippen LogP contribution in [0, 0.1) is 5.82 Å². The molecule has 0 spiro atoms. The van der Waals surface area contributed by atoms with E-state index >= 15 is 0 Å². The number of rotatable bonds is 3. The third-order valence-corrected chi connectivity index (χ3v) is 2.97. The van der Waals surface area contributed by atoms with Gasteiger partial charge in [-0.05, 0) is 24.1 Å². The Bertz CT molecular complexity index is 394. The van der Waals surface area contributed by atoms with Crippen LogP contribution < -0.4 is 5.32 Å². The predicted octanol–water partition coefficient (Wildman–Crippen LogP) is 1.67. The van der Waals surface area contributed by atoms with Crippen LogP contribution in [-0.2, 0) is 6.54 Å². The number of hydrogen-bond acceptors (Lipinski definition) is 2. The molecule has 2 rings (SSSR count). The van der Waals surface area contributed by atoms with Crippen molar-refractivity contribution in [1.82, 2.24) is 10.2 Å². The van der Waals surface area contributed by atoms with E-state index in [4.69, 9.17) is 5.11 Å². The molecule has 0 radical (unpaired) electrons. The molecule has 1 amide bonds. The molecule has 0 saturated carbocycles. The summed E-state index contributed by atoms with van der Waals surface area (Å²) >= 11 is 0. The lowest BCUT2D eigenvalue weighted by atomic mass is 10.2. The van der Waals surface area contributed by atoms with E-state index in [-0.39, 0.29) is 11.9 Å². The van der Waals surface area contributed by atoms with Crippen LogP contribution in [0.15, 0.2) is 24.3 Å². The minimum Gasteiger partial charge on any atom is -0.465 e. The summed E-state index contributed by atoms with van der Waals surface area (Å²) in [5.74, 6) is -0.244. The summed E-state index contributed by atoms with van der Waals surface area (Å²) in [6, 6.07) is 6.50. The summed E-state index contributed by atoms with van der Waals surface area (Å²) in [6.45, 7) is 1.74. The Morgan fingerprint density at radius 3 is 2.76 bits per heavy atom. The number of likely N-dealkylation sites (tertiary alicyclic amines) is 1. The third-order valence-electron chi connectivity index (χ3n) is 2.97. The summed E-state index contributed by atoms with van der Waals surface area (Å²) < 4.78 is 12.7. The first-order chi connectivity index (χ1) is 8.15. The van der Waals surface area contributed by atoms with Gasteiger partial charge in [-0.25, -0.2) is 9.18 Å². The van der Waals surface area contributed by atoms with Crippen LogP contribution in [0.3, 0.4) is 0 Å². The Kier molecular flexibility index (Phi) is 3.58.